The minimum Gasteiger partial charge on any atom is -0.493 e. The van der Waals surface area contributed by atoms with Gasteiger partial charge in [0, 0.05) is 30.8 Å². The van der Waals surface area contributed by atoms with Crippen molar-refractivity contribution in [1.29, 1.82) is 0 Å². The molecule has 3 aromatic rings. The Morgan fingerprint density at radius 3 is 2.17 bits per heavy atom. The van der Waals surface area contributed by atoms with E-state index in [9.17, 15) is 14.0 Å². The molecule has 0 unspecified atom stereocenters. The van der Waals surface area contributed by atoms with E-state index in [1.807, 2.05) is 26.0 Å². The number of carboxylic acids is 1. The normalized spacial score (nSPS) is 16.9. The maximum atomic E-state index is 14.8. The SMILES string of the molecule is CCOc1cc(CN2CCC3(CC2)CC(=O)N(c2ccc(C(=O)O)cc2)C3)cc(OCC)c1-c1ccccc1F. The van der Waals surface area contributed by atoms with Crippen LogP contribution in [0.3, 0.4) is 0 Å². The van der Waals surface area contributed by atoms with Crippen LogP contribution in [0.2, 0.25) is 0 Å². The van der Waals surface area contributed by atoms with Crippen molar-refractivity contribution in [3.05, 3.63) is 77.6 Å². The Kier molecular flexibility index (Phi) is 8.07. The van der Waals surface area contributed by atoms with Gasteiger partial charge in [-0.25, -0.2) is 9.18 Å². The van der Waals surface area contributed by atoms with Crippen LogP contribution in [0.1, 0.15) is 49.0 Å². The number of aromatic carboxylic acids is 1. The summed E-state index contributed by atoms with van der Waals surface area (Å²) in [5.41, 5.74) is 2.99. The maximum absolute atomic E-state index is 14.8. The van der Waals surface area contributed by atoms with Crippen LogP contribution in [0.15, 0.2) is 60.7 Å². The van der Waals surface area contributed by atoms with Gasteiger partial charge < -0.3 is 19.5 Å². The molecule has 2 saturated heterocycles. The van der Waals surface area contributed by atoms with E-state index in [2.05, 4.69) is 4.90 Å². The summed E-state index contributed by atoms with van der Waals surface area (Å²) in [6.45, 7) is 7.76. The third-order valence-electron chi connectivity index (χ3n) is 7.94. The Morgan fingerprint density at radius 2 is 1.60 bits per heavy atom. The third-order valence-corrected chi connectivity index (χ3v) is 7.94. The number of piperidine rings is 1. The maximum Gasteiger partial charge on any atom is 0.335 e. The van der Waals surface area contributed by atoms with E-state index in [1.54, 1.807) is 47.4 Å². The first kappa shape index (κ1) is 27.6. The summed E-state index contributed by atoms with van der Waals surface area (Å²) in [6, 6.07) is 17.2. The minimum absolute atomic E-state index is 0.0826. The number of nitrogens with zero attached hydrogens (tertiary/aromatic N) is 2. The van der Waals surface area contributed by atoms with Gasteiger partial charge in [0.15, 0.2) is 0 Å². The molecule has 0 radical (unpaired) electrons. The summed E-state index contributed by atoms with van der Waals surface area (Å²) in [5.74, 6) is -0.00726. The van der Waals surface area contributed by atoms with Crippen LogP contribution in [0, 0.1) is 11.2 Å². The van der Waals surface area contributed by atoms with Crippen LogP contribution >= 0.6 is 0 Å². The van der Waals surface area contributed by atoms with E-state index >= 15 is 0 Å². The summed E-state index contributed by atoms with van der Waals surface area (Å²) in [4.78, 5) is 28.3. The van der Waals surface area contributed by atoms with E-state index in [0.29, 0.717) is 55.4 Å². The fourth-order valence-electron chi connectivity index (χ4n) is 5.90. The van der Waals surface area contributed by atoms with Crippen LogP contribution in [-0.4, -0.2) is 54.7 Å². The van der Waals surface area contributed by atoms with Crippen molar-refractivity contribution < 1.29 is 28.6 Å². The Labute approximate surface area is 234 Å². The van der Waals surface area contributed by atoms with Gasteiger partial charge in [-0.1, -0.05) is 18.2 Å². The predicted molar refractivity (Wildman–Crippen MR) is 151 cm³/mol. The second-order valence-corrected chi connectivity index (χ2v) is 10.6. The smallest absolute Gasteiger partial charge is 0.335 e. The second kappa shape index (κ2) is 11.7. The molecule has 5 rings (SSSR count). The van der Waals surface area contributed by atoms with Crippen LogP contribution < -0.4 is 14.4 Å². The Bertz CT molecular complexity index is 1360. The standard InChI is InChI=1S/C32H35FN2O5/c1-3-39-27-17-22(18-28(40-4-2)30(27)25-7-5-6-8-26(25)33)20-34-15-13-32(14-16-34)19-29(36)35(21-32)24-11-9-23(10-12-24)31(37)38/h5-12,17-18H,3-4,13-16,19-21H2,1-2H3,(H,37,38). The summed E-state index contributed by atoms with van der Waals surface area (Å²) in [5, 5.41) is 9.17. The molecule has 40 heavy (non-hydrogen) atoms. The van der Waals surface area contributed by atoms with Gasteiger partial charge in [0.2, 0.25) is 5.91 Å². The third kappa shape index (κ3) is 5.68. The molecule has 1 amide bonds. The first-order chi connectivity index (χ1) is 19.3. The highest BCUT2D eigenvalue weighted by molar-refractivity contribution is 5.97. The molecule has 8 heteroatoms. The number of anilines is 1. The lowest BCUT2D eigenvalue weighted by Crippen LogP contribution is -2.41. The average molecular weight is 547 g/mol. The Balaban J connectivity index is 1.30. The highest BCUT2D eigenvalue weighted by atomic mass is 19.1. The van der Waals surface area contributed by atoms with Crippen LogP contribution in [0.5, 0.6) is 11.5 Å². The van der Waals surface area contributed by atoms with Crippen molar-refractivity contribution in [2.24, 2.45) is 5.41 Å². The number of carbonyl (C=O) groups excluding carboxylic acids is 1. The van der Waals surface area contributed by atoms with Gasteiger partial charge in [-0.3, -0.25) is 9.69 Å². The summed E-state index contributed by atoms with van der Waals surface area (Å²) in [7, 11) is 0. The lowest BCUT2D eigenvalue weighted by Gasteiger charge is -2.39. The number of amides is 1. The molecule has 1 N–H and O–H groups in total. The average Bonchev–Trinajstić information content (AvgIpc) is 3.26. The number of ether oxygens (including phenoxy) is 2. The first-order valence-corrected chi connectivity index (χ1v) is 13.9. The Morgan fingerprint density at radius 1 is 0.975 bits per heavy atom. The van der Waals surface area contributed by atoms with Crippen LogP contribution in [0.25, 0.3) is 11.1 Å². The van der Waals surface area contributed by atoms with E-state index in [4.69, 9.17) is 14.6 Å². The number of hydrogen-bond donors (Lipinski definition) is 1. The predicted octanol–water partition coefficient (Wildman–Crippen LogP) is 6.01. The molecule has 2 aliphatic rings. The molecular weight excluding hydrogens is 511 g/mol. The summed E-state index contributed by atoms with van der Waals surface area (Å²) in [6.07, 6.45) is 2.29. The molecule has 0 bridgehead atoms. The minimum atomic E-state index is -0.980. The number of carboxylic acid groups (broad SMARTS) is 1. The highest BCUT2D eigenvalue weighted by Gasteiger charge is 2.45. The number of benzene rings is 3. The van der Waals surface area contributed by atoms with Gasteiger partial charge >= 0.3 is 5.97 Å². The van der Waals surface area contributed by atoms with Gasteiger partial charge in [0.25, 0.3) is 0 Å². The fourth-order valence-corrected chi connectivity index (χ4v) is 5.90. The van der Waals surface area contributed by atoms with Gasteiger partial charge in [-0.2, -0.15) is 0 Å². The molecule has 3 aromatic carbocycles. The van der Waals surface area contributed by atoms with E-state index < -0.39 is 5.97 Å². The molecule has 210 valence electrons. The molecule has 1 spiro atoms. The molecule has 2 heterocycles. The molecule has 0 aliphatic carbocycles. The van der Waals surface area contributed by atoms with Crippen LogP contribution in [-0.2, 0) is 11.3 Å². The number of halogens is 1. The molecule has 0 saturated carbocycles. The van der Waals surface area contributed by atoms with Gasteiger partial charge in [0.1, 0.15) is 17.3 Å². The molecule has 7 nitrogen and oxygen atoms in total. The zero-order chi connectivity index (χ0) is 28.3. The number of rotatable bonds is 9. The zero-order valence-corrected chi connectivity index (χ0v) is 23.0. The molecule has 2 fully saturated rings. The van der Waals surface area contributed by atoms with E-state index in [0.717, 1.165) is 37.2 Å². The van der Waals surface area contributed by atoms with Crippen molar-refractivity contribution in [3.63, 3.8) is 0 Å². The van der Waals surface area contributed by atoms with E-state index in [-0.39, 0.29) is 22.7 Å². The largest absolute Gasteiger partial charge is 0.493 e. The van der Waals surface area contributed by atoms with E-state index in [1.165, 1.54) is 6.07 Å². The van der Waals surface area contributed by atoms with Crippen molar-refractivity contribution in [3.8, 4) is 22.6 Å². The summed E-state index contributed by atoms with van der Waals surface area (Å²) >= 11 is 0. The van der Waals surface area contributed by atoms with Gasteiger partial charge in [0.05, 0.1) is 24.3 Å². The lowest BCUT2D eigenvalue weighted by atomic mass is 9.77. The zero-order valence-electron chi connectivity index (χ0n) is 23.0. The Hall–Kier alpha value is -3.91. The molecule has 0 atom stereocenters. The van der Waals surface area contributed by atoms with Crippen molar-refractivity contribution in [1.82, 2.24) is 4.90 Å². The number of carbonyl (C=O) groups is 2. The molecular formula is C32H35FN2O5. The summed E-state index contributed by atoms with van der Waals surface area (Å²) < 4.78 is 26.7. The first-order valence-electron chi connectivity index (χ1n) is 13.9. The van der Waals surface area contributed by atoms with Crippen molar-refractivity contribution in [2.75, 3.05) is 37.7 Å². The van der Waals surface area contributed by atoms with Crippen molar-refractivity contribution >= 4 is 17.6 Å². The van der Waals surface area contributed by atoms with Crippen LogP contribution in [0.4, 0.5) is 10.1 Å². The van der Waals surface area contributed by atoms with Crippen molar-refractivity contribution in [2.45, 2.75) is 39.7 Å². The van der Waals surface area contributed by atoms with Gasteiger partial charge in [-0.15, -0.1) is 0 Å². The molecule has 2 aliphatic heterocycles. The highest BCUT2D eigenvalue weighted by Crippen LogP contribution is 2.44. The fraction of sp³-hybridized carbons (Fsp3) is 0.375. The second-order valence-electron chi connectivity index (χ2n) is 10.6. The number of hydrogen-bond acceptors (Lipinski definition) is 5. The molecule has 0 aromatic heterocycles. The number of likely N-dealkylation sites (tertiary alicyclic amines) is 1. The lowest BCUT2D eigenvalue weighted by molar-refractivity contribution is -0.118. The van der Waals surface area contributed by atoms with Gasteiger partial charge in [-0.05, 0) is 93.2 Å². The monoisotopic (exact) mass is 546 g/mol. The quantitative estimate of drug-likeness (QED) is 0.354. The topological polar surface area (TPSA) is 79.3 Å².